The molecule has 3 saturated heterocycles. The number of nitrogens with zero attached hydrogens (tertiary/aromatic N) is 2. The number of methoxy groups -OCH3 is 1. The van der Waals surface area contributed by atoms with Gasteiger partial charge in [0.1, 0.15) is 46.9 Å². The van der Waals surface area contributed by atoms with Crippen molar-refractivity contribution in [2.45, 2.75) is 133 Å². The van der Waals surface area contributed by atoms with E-state index in [0.717, 1.165) is 0 Å². The number of alkyl carbamates (subject to hydrolysis) is 1. The van der Waals surface area contributed by atoms with Crippen LogP contribution in [0.25, 0.3) is 0 Å². The highest BCUT2D eigenvalue weighted by Gasteiger charge is 2.75. The number of ether oxygens (including phenoxy) is 8. The molecular weight excluding hydrogens is 831 g/mol. The molecule has 2 aromatic rings. The summed E-state index contributed by atoms with van der Waals surface area (Å²) in [6.07, 6.45) is -6.25. The van der Waals surface area contributed by atoms with Gasteiger partial charge in [-0.1, -0.05) is 39.0 Å². The first-order chi connectivity index (χ1) is 30.7. The minimum Gasteiger partial charge on any atom is -0.495 e. The van der Waals surface area contributed by atoms with Crippen molar-refractivity contribution in [3.63, 3.8) is 0 Å². The number of amides is 1. The van der Waals surface area contributed by atoms with Crippen molar-refractivity contribution in [3.05, 3.63) is 71.1 Å². The van der Waals surface area contributed by atoms with E-state index in [1.165, 1.54) is 19.4 Å². The summed E-state index contributed by atoms with van der Waals surface area (Å²) in [6.45, 7) is 15.4. The minimum atomic E-state index is -2.06. The maximum atomic E-state index is 14.7. The fourth-order valence-electron chi connectivity index (χ4n) is 11.1. The Kier molecular flexibility index (Phi) is 12.1. The number of aliphatic hydroxyl groups excluding tert-OH is 1. The molecule has 17 nitrogen and oxygen atoms in total. The second-order valence-electron chi connectivity index (χ2n) is 19.9. The highest BCUT2D eigenvalue weighted by molar-refractivity contribution is 5.89. The summed E-state index contributed by atoms with van der Waals surface area (Å²) >= 11 is 0. The van der Waals surface area contributed by atoms with Crippen LogP contribution in [-0.4, -0.2) is 151 Å². The molecule has 17 heteroatoms. The zero-order valence-electron chi connectivity index (χ0n) is 38.9. The van der Waals surface area contributed by atoms with Crippen LogP contribution in [0.5, 0.6) is 5.75 Å². The number of nitrogens with one attached hydrogen (secondary N) is 1. The number of rotatable bonds is 11. The average molecular weight is 896 g/mol. The van der Waals surface area contributed by atoms with Gasteiger partial charge < -0.3 is 58.5 Å². The van der Waals surface area contributed by atoms with Gasteiger partial charge in [0.25, 0.3) is 0 Å². The second kappa shape index (κ2) is 17.2. The molecular formula is C47H63N3O14. The molecule has 64 heavy (non-hydrogen) atoms. The second-order valence-corrected chi connectivity index (χ2v) is 19.9. The van der Waals surface area contributed by atoms with Crippen LogP contribution in [0.4, 0.5) is 4.79 Å². The molecule has 3 aliphatic heterocycles. The molecule has 8 rings (SSSR count). The van der Waals surface area contributed by atoms with E-state index in [9.17, 15) is 24.6 Å². The third-order valence-electron chi connectivity index (χ3n) is 14.5. The SMILES string of the molecule is [3H]O[C@@H](C(=O)O[C@H]1C[C@@]2(O)[C@@H](OC(=O)c3ccccc3)[C@H]3[C@@](C)(CC[C@H]4OC[C@]43O)[C@@H]3O[C@H](CN4CCOCC4)O[C@@H]3C(=C1C)C2(C)C)[C@@H](NC(=O)OC(C)(C)C)c1ccc(OC)cn1. The number of hydrogen-bond donors (Lipinski definition) is 4. The summed E-state index contributed by atoms with van der Waals surface area (Å²) in [6, 6.07) is 10.1. The molecule has 2 bridgehead atoms. The topological polar surface area (TPSA) is 214 Å². The van der Waals surface area contributed by atoms with Crippen molar-refractivity contribution in [3.8, 4) is 5.75 Å². The minimum absolute atomic E-state index is 0.0721. The van der Waals surface area contributed by atoms with E-state index in [4.69, 9.17) is 44.4 Å². The quantitative estimate of drug-likeness (QED) is 0.144. The predicted octanol–water partition coefficient (Wildman–Crippen LogP) is 3.63. The molecule has 6 aliphatic rings. The van der Waals surface area contributed by atoms with Crippen LogP contribution in [0.2, 0.25) is 0 Å². The molecule has 1 amide bonds. The van der Waals surface area contributed by atoms with Crippen LogP contribution in [0, 0.1) is 16.7 Å². The van der Waals surface area contributed by atoms with Gasteiger partial charge in [-0.2, -0.15) is 0 Å². The van der Waals surface area contributed by atoms with Crippen LogP contribution in [0.1, 0.15) is 89.8 Å². The van der Waals surface area contributed by atoms with Gasteiger partial charge in [-0.15, -0.1) is 0 Å². The molecule has 5 fully saturated rings. The van der Waals surface area contributed by atoms with Gasteiger partial charge >= 0.3 is 18.0 Å². The Hall–Kier alpha value is -4.20. The van der Waals surface area contributed by atoms with Crippen LogP contribution in [-0.2, 0) is 38.0 Å². The lowest BCUT2D eigenvalue weighted by atomic mass is 9.45. The van der Waals surface area contributed by atoms with Crippen molar-refractivity contribution in [1.29, 1.82) is 1.43 Å². The van der Waals surface area contributed by atoms with Crippen molar-refractivity contribution < 1.29 is 67.6 Å². The summed E-state index contributed by atoms with van der Waals surface area (Å²) in [5, 5.41) is 34.4. The zero-order chi connectivity index (χ0) is 46.7. The maximum Gasteiger partial charge on any atom is 0.408 e. The van der Waals surface area contributed by atoms with Crippen molar-refractivity contribution in [2.24, 2.45) is 16.7 Å². The van der Waals surface area contributed by atoms with Crippen molar-refractivity contribution >= 4 is 18.0 Å². The fourth-order valence-corrected chi connectivity index (χ4v) is 11.1. The number of aromatic nitrogens is 1. The largest absolute Gasteiger partial charge is 0.495 e. The monoisotopic (exact) mass is 895 g/mol. The van der Waals surface area contributed by atoms with Gasteiger partial charge in [-0.25, -0.2) is 14.4 Å². The molecule has 350 valence electrons. The number of hydrogen-bond acceptors (Lipinski definition) is 16. The smallest absolute Gasteiger partial charge is 0.408 e. The standard InChI is InChI=1S/C47H63N3O14/c1-26-30(60-41(53)35(51)34(49-42(54)64-43(2,3)4)29-15-14-28(57-8)23-48-29)22-47(56)39(63-40(52)27-12-10-9-11-13-27)37-45(7,17-16-31-46(37,55)25-59-31)38-36(33(26)44(47,5)6)61-32(62-38)24-50-18-20-58-21-19-50/h9-15,23,30-32,34-39,51,55-56H,16-22,24-25H2,1-8H3,(H,49,54)/t30-,31+,32+,34-,35+,36+,37-,38+,39-,45+,46-,47+/m0/s1/i51T. The molecule has 0 spiro atoms. The lowest BCUT2D eigenvalue weighted by Gasteiger charge is -2.67. The molecule has 4 N–H and O–H groups in total. The van der Waals surface area contributed by atoms with Gasteiger partial charge in [0.15, 0.2) is 12.4 Å². The van der Waals surface area contributed by atoms with E-state index in [0.29, 0.717) is 62.6 Å². The zero-order valence-corrected chi connectivity index (χ0v) is 37.9. The lowest BCUT2D eigenvalue weighted by Crippen LogP contribution is -2.79. The normalized spacial score (nSPS) is 35.7. The Morgan fingerprint density at radius 3 is 2.41 bits per heavy atom. The number of morpholine rings is 1. The number of esters is 2. The molecule has 0 radical (unpaired) electrons. The Bertz CT molecular complexity index is 2110. The summed E-state index contributed by atoms with van der Waals surface area (Å²) in [4.78, 5) is 48.9. The van der Waals surface area contributed by atoms with E-state index in [2.05, 4.69) is 15.2 Å². The Morgan fingerprint density at radius 2 is 1.78 bits per heavy atom. The third kappa shape index (κ3) is 8.20. The first kappa shape index (κ1) is 45.0. The number of aliphatic hydroxyl groups is 3. The van der Waals surface area contributed by atoms with Crippen LogP contribution in [0.3, 0.4) is 0 Å². The van der Waals surface area contributed by atoms with E-state index in [1.807, 2.05) is 20.8 Å². The first-order valence-corrected chi connectivity index (χ1v) is 22.2. The van der Waals surface area contributed by atoms with Gasteiger partial charge in [0.05, 0.1) is 56.6 Å². The van der Waals surface area contributed by atoms with Crippen molar-refractivity contribution in [1.82, 2.24) is 15.2 Å². The van der Waals surface area contributed by atoms with Crippen LogP contribution < -0.4 is 10.1 Å². The van der Waals surface area contributed by atoms with E-state index in [-0.39, 0.29) is 24.3 Å². The number of carbonyl (C=O) groups excluding carboxylic acids is 3. The number of carbonyl (C=O) groups is 3. The van der Waals surface area contributed by atoms with Gasteiger partial charge in [-0.05, 0) is 75.9 Å². The summed E-state index contributed by atoms with van der Waals surface area (Å²) < 4.78 is 57.6. The molecule has 4 heterocycles. The highest BCUT2D eigenvalue weighted by atomic mass is 16.7. The van der Waals surface area contributed by atoms with E-state index in [1.54, 1.807) is 64.1 Å². The maximum absolute atomic E-state index is 14.7. The molecule has 12 atom stereocenters. The lowest BCUT2D eigenvalue weighted by molar-refractivity contribution is -0.343. The molecule has 0 unspecified atom stereocenters. The molecule has 1 aromatic heterocycles. The molecule has 1 aromatic carbocycles. The van der Waals surface area contributed by atoms with Gasteiger partial charge in [0.2, 0.25) is 1.43 Å². The van der Waals surface area contributed by atoms with Gasteiger partial charge in [0, 0.05) is 42.8 Å². The summed E-state index contributed by atoms with van der Waals surface area (Å²) in [5.74, 6) is -2.36. The Balaban J connectivity index is 1.24. The number of benzene rings is 1. The Morgan fingerprint density at radius 1 is 1.05 bits per heavy atom. The summed E-state index contributed by atoms with van der Waals surface area (Å²) in [7, 11) is 1.46. The van der Waals surface area contributed by atoms with E-state index >= 15 is 0 Å². The van der Waals surface area contributed by atoms with Crippen LogP contribution in [0.15, 0.2) is 59.8 Å². The summed E-state index contributed by atoms with van der Waals surface area (Å²) in [5.41, 5.74) is -5.27. The van der Waals surface area contributed by atoms with E-state index < -0.39 is 101 Å². The Labute approximate surface area is 375 Å². The van der Waals surface area contributed by atoms with Gasteiger partial charge in [-0.3, -0.25) is 9.88 Å². The highest BCUT2D eigenvalue weighted by Crippen LogP contribution is 2.66. The molecule has 3 aliphatic carbocycles. The number of pyridine rings is 1. The van der Waals surface area contributed by atoms with Crippen molar-refractivity contribution in [2.75, 3.05) is 46.6 Å². The first-order valence-electron chi connectivity index (χ1n) is 22.6. The fraction of sp³-hybridized carbons (Fsp3) is 0.660. The molecule has 2 saturated carbocycles. The third-order valence-corrected chi connectivity index (χ3v) is 14.5. The average Bonchev–Trinajstić information content (AvgIpc) is 3.67. The number of fused-ring (bicyclic) bond motifs is 8. The predicted molar refractivity (Wildman–Crippen MR) is 227 cm³/mol. The van der Waals surface area contributed by atoms with Crippen LogP contribution >= 0.6 is 0 Å².